The van der Waals surface area contributed by atoms with Gasteiger partial charge in [-0.05, 0) is 23.8 Å². The lowest BCUT2D eigenvalue weighted by molar-refractivity contribution is -0.138. The molecule has 1 aromatic rings. The maximum atomic E-state index is 11.8. The van der Waals surface area contributed by atoms with Crippen molar-refractivity contribution in [3.8, 4) is 0 Å². The average Bonchev–Trinajstić information content (AvgIpc) is 2.35. The zero-order chi connectivity index (χ0) is 15.9. The number of nitrogens with one attached hydrogen (secondary N) is 1. The molecule has 0 spiro atoms. The molecule has 0 heterocycles. The molecule has 1 unspecified atom stereocenters. The Labute approximate surface area is 126 Å². The SMILES string of the molecule is CC(C)CS(=O)(=O)NCC(CC(=O)O)Cc1ccccc1. The minimum absolute atomic E-state index is 0.0366. The second-order valence-electron chi connectivity index (χ2n) is 5.68. The molecule has 5 nitrogen and oxygen atoms in total. The summed E-state index contributed by atoms with van der Waals surface area (Å²) < 4.78 is 26.2. The van der Waals surface area contributed by atoms with Gasteiger partial charge >= 0.3 is 5.97 Å². The van der Waals surface area contributed by atoms with Crippen LogP contribution in [-0.4, -0.2) is 31.8 Å². The lowest BCUT2D eigenvalue weighted by Crippen LogP contribution is -2.34. The first-order valence-electron chi connectivity index (χ1n) is 7.01. The van der Waals surface area contributed by atoms with Crippen molar-refractivity contribution in [3.63, 3.8) is 0 Å². The minimum atomic E-state index is -3.35. The van der Waals surface area contributed by atoms with Crippen molar-refractivity contribution in [1.82, 2.24) is 4.72 Å². The van der Waals surface area contributed by atoms with E-state index in [4.69, 9.17) is 5.11 Å². The van der Waals surface area contributed by atoms with Crippen LogP contribution in [0.25, 0.3) is 0 Å². The van der Waals surface area contributed by atoms with E-state index in [1.165, 1.54) is 0 Å². The van der Waals surface area contributed by atoms with Gasteiger partial charge in [0.25, 0.3) is 0 Å². The van der Waals surface area contributed by atoms with Gasteiger partial charge in [0.1, 0.15) is 0 Å². The first-order valence-corrected chi connectivity index (χ1v) is 8.67. The molecule has 1 rings (SSSR count). The third kappa shape index (κ3) is 7.82. The Morgan fingerprint density at radius 3 is 2.38 bits per heavy atom. The Hall–Kier alpha value is -1.40. The molecule has 1 atom stereocenters. The van der Waals surface area contributed by atoms with Crippen LogP contribution in [0.2, 0.25) is 0 Å². The van der Waals surface area contributed by atoms with Crippen molar-refractivity contribution in [2.45, 2.75) is 26.7 Å². The lowest BCUT2D eigenvalue weighted by Gasteiger charge is -2.16. The Morgan fingerprint density at radius 2 is 1.86 bits per heavy atom. The van der Waals surface area contributed by atoms with E-state index < -0.39 is 16.0 Å². The molecule has 0 aliphatic heterocycles. The van der Waals surface area contributed by atoms with Crippen LogP contribution < -0.4 is 4.72 Å². The molecule has 0 radical (unpaired) electrons. The summed E-state index contributed by atoms with van der Waals surface area (Å²) >= 11 is 0. The Balaban J connectivity index is 2.64. The van der Waals surface area contributed by atoms with E-state index >= 15 is 0 Å². The number of rotatable bonds is 9. The van der Waals surface area contributed by atoms with Crippen molar-refractivity contribution in [1.29, 1.82) is 0 Å². The van der Waals surface area contributed by atoms with Gasteiger partial charge in [0.05, 0.1) is 5.75 Å². The van der Waals surface area contributed by atoms with Gasteiger partial charge < -0.3 is 5.11 Å². The van der Waals surface area contributed by atoms with E-state index in [0.29, 0.717) is 6.42 Å². The maximum Gasteiger partial charge on any atom is 0.303 e. The van der Waals surface area contributed by atoms with Gasteiger partial charge in [-0.1, -0.05) is 44.2 Å². The smallest absolute Gasteiger partial charge is 0.303 e. The largest absolute Gasteiger partial charge is 0.481 e. The van der Waals surface area contributed by atoms with E-state index in [9.17, 15) is 13.2 Å². The zero-order valence-corrected chi connectivity index (χ0v) is 13.3. The molecule has 0 bridgehead atoms. The van der Waals surface area contributed by atoms with Gasteiger partial charge in [0, 0.05) is 13.0 Å². The van der Waals surface area contributed by atoms with Crippen LogP contribution in [0, 0.1) is 11.8 Å². The average molecular weight is 313 g/mol. The van der Waals surface area contributed by atoms with Gasteiger partial charge in [-0.25, -0.2) is 13.1 Å². The van der Waals surface area contributed by atoms with Gasteiger partial charge in [0.2, 0.25) is 10.0 Å². The summed E-state index contributed by atoms with van der Waals surface area (Å²) in [5, 5.41) is 8.96. The second-order valence-corrected chi connectivity index (χ2v) is 7.53. The standard InChI is InChI=1S/C15H23NO4S/c1-12(2)11-21(19,20)16-10-14(9-15(17)18)8-13-6-4-3-5-7-13/h3-7,12,14,16H,8-11H2,1-2H3,(H,17,18). The fraction of sp³-hybridized carbons (Fsp3) is 0.533. The number of aliphatic carboxylic acids is 1. The highest BCUT2D eigenvalue weighted by atomic mass is 32.2. The number of carboxylic acid groups (broad SMARTS) is 1. The van der Waals surface area contributed by atoms with E-state index in [1.807, 2.05) is 44.2 Å². The highest BCUT2D eigenvalue weighted by Gasteiger charge is 2.18. The van der Waals surface area contributed by atoms with Crippen LogP contribution in [0.3, 0.4) is 0 Å². The summed E-state index contributed by atoms with van der Waals surface area (Å²) in [6.07, 6.45) is 0.483. The minimum Gasteiger partial charge on any atom is -0.481 e. The predicted octanol–water partition coefficient (Wildman–Crippen LogP) is 1.90. The number of benzene rings is 1. The van der Waals surface area contributed by atoms with Crippen molar-refractivity contribution in [2.24, 2.45) is 11.8 Å². The van der Waals surface area contributed by atoms with E-state index in [0.717, 1.165) is 5.56 Å². The molecule has 0 saturated heterocycles. The first-order chi connectivity index (χ1) is 9.78. The second kappa shape index (κ2) is 8.14. The van der Waals surface area contributed by atoms with Crippen molar-refractivity contribution in [3.05, 3.63) is 35.9 Å². The predicted molar refractivity (Wildman–Crippen MR) is 82.5 cm³/mol. The number of sulfonamides is 1. The number of carbonyl (C=O) groups is 1. The normalized spacial score (nSPS) is 13.3. The first kappa shape index (κ1) is 17.7. The summed E-state index contributed by atoms with van der Waals surface area (Å²) in [6.45, 7) is 3.81. The quantitative estimate of drug-likeness (QED) is 0.729. The Bertz CT molecular complexity index is 540. The van der Waals surface area contributed by atoms with Crippen LogP contribution in [0.15, 0.2) is 30.3 Å². The molecule has 0 amide bonds. The Kier molecular flexibility index (Phi) is 6.84. The van der Waals surface area contributed by atoms with Crippen LogP contribution in [0.4, 0.5) is 0 Å². The van der Waals surface area contributed by atoms with Crippen molar-refractivity contribution in [2.75, 3.05) is 12.3 Å². The summed E-state index contributed by atoms with van der Waals surface area (Å²) in [4.78, 5) is 10.9. The van der Waals surface area contributed by atoms with Gasteiger partial charge in [0.15, 0.2) is 0 Å². The molecular weight excluding hydrogens is 290 g/mol. The molecule has 0 aliphatic rings. The van der Waals surface area contributed by atoms with E-state index in [2.05, 4.69) is 4.72 Å². The summed E-state index contributed by atoms with van der Waals surface area (Å²) in [5.41, 5.74) is 1.01. The number of hydrogen-bond acceptors (Lipinski definition) is 3. The summed E-state index contributed by atoms with van der Waals surface area (Å²) in [5.74, 6) is -1.08. The summed E-state index contributed by atoms with van der Waals surface area (Å²) in [6, 6.07) is 9.49. The lowest BCUT2D eigenvalue weighted by atomic mass is 9.96. The fourth-order valence-electron chi connectivity index (χ4n) is 2.15. The molecule has 0 fully saturated rings. The number of hydrogen-bond donors (Lipinski definition) is 2. The summed E-state index contributed by atoms with van der Waals surface area (Å²) in [7, 11) is -3.35. The van der Waals surface area contributed by atoms with Crippen molar-refractivity contribution < 1.29 is 18.3 Å². The maximum absolute atomic E-state index is 11.8. The van der Waals surface area contributed by atoms with Crippen LogP contribution in [0.5, 0.6) is 0 Å². The monoisotopic (exact) mass is 313 g/mol. The van der Waals surface area contributed by atoms with Crippen molar-refractivity contribution >= 4 is 16.0 Å². The van der Waals surface area contributed by atoms with E-state index in [1.54, 1.807) is 0 Å². The molecular formula is C15H23NO4S. The highest BCUT2D eigenvalue weighted by Crippen LogP contribution is 2.12. The van der Waals surface area contributed by atoms with E-state index in [-0.39, 0.29) is 30.6 Å². The van der Waals surface area contributed by atoms with Crippen LogP contribution in [0.1, 0.15) is 25.8 Å². The number of carboxylic acids is 1. The van der Waals surface area contributed by atoms with Gasteiger partial charge in [-0.15, -0.1) is 0 Å². The zero-order valence-electron chi connectivity index (χ0n) is 12.5. The third-order valence-corrected chi connectivity index (χ3v) is 4.69. The fourth-order valence-corrected chi connectivity index (χ4v) is 3.64. The third-order valence-electron chi connectivity index (χ3n) is 2.98. The van der Waals surface area contributed by atoms with Crippen LogP contribution in [-0.2, 0) is 21.2 Å². The van der Waals surface area contributed by atoms with Gasteiger partial charge in [-0.3, -0.25) is 4.79 Å². The topological polar surface area (TPSA) is 83.5 Å². The molecule has 0 aliphatic carbocycles. The molecule has 118 valence electrons. The van der Waals surface area contributed by atoms with Gasteiger partial charge in [-0.2, -0.15) is 0 Å². The van der Waals surface area contributed by atoms with Crippen LogP contribution >= 0.6 is 0 Å². The molecule has 0 saturated carbocycles. The molecule has 1 aromatic carbocycles. The molecule has 6 heteroatoms. The molecule has 21 heavy (non-hydrogen) atoms. The molecule has 0 aromatic heterocycles. The molecule has 2 N–H and O–H groups in total. The highest BCUT2D eigenvalue weighted by molar-refractivity contribution is 7.89. The Morgan fingerprint density at radius 1 is 1.24 bits per heavy atom.